The Hall–Kier alpha value is -1.17. The van der Waals surface area contributed by atoms with Gasteiger partial charge in [0.15, 0.2) is 0 Å². The van der Waals surface area contributed by atoms with Crippen LogP contribution in [0.2, 0.25) is 0 Å². The molecule has 0 fully saturated rings. The van der Waals surface area contributed by atoms with Crippen molar-refractivity contribution in [2.45, 2.75) is 13.3 Å². The summed E-state index contributed by atoms with van der Waals surface area (Å²) in [7, 11) is 1.74. The maximum Gasteiger partial charge on any atom is 0.317 e. The van der Waals surface area contributed by atoms with Crippen molar-refractivity contribution in [1.29, 1.82) is 0 Å². The zero-order valence-electron chi connectivity index (χ0n) is 7.05. The molecule has 0 heterocycles. The number of amides is 2. The normalized spacial score (nSPS) is 8.45. The smallest absolute Gasteiger partial charge is 0.317 e. The van der Waals surface area contributed by atoms with Gasteiger partial charge in [0.05, 0.1) is 0 Å². The van der Waals surface area contributed by atoms with Crippen LogP contribution in [0.15, 0.2) is 0 Å². The second kappa shape index (κ2) is 5.60. The van der Waals surface area contributed by atoms with E-state index in [4.69, 9.17) is 6.42 Å². The molecule has 0 rings (SSSR count). The molecule has 0 aromatic heterocycles. The standard InChI is InChI=1S/C8H14N2O/c1-4-6-7-9-8(11)10(3)5-2/h1H,5-7H2,2-3H3,(H,9,11). The Kier molecular flexibility index (Phi) is 5.01. The highest BCUT2D eigenvalue weighted by atomic mass is 16.2. The SMILES string of the molecule is C#CCCNC(=O)N(C)CC. The highest BCUT2D eigenvalue weighted by Gasteiger charge is 2.02. The Morgan fingerprint density at radius 2 is 2.36 bits per heavy atom. The van der Waals surface area contributed by atoms with Crippen molar-refractivity contribution in [3.8, 4) is 12.3 Å². The average molecular weight is 154 g/mol. The molecule has 0 unspecified atom stereocenters. The molecule has 0 saturated heterocycles. The van der Waals surface area contributed by atoms with Gasteiger partial charge in [0.2, 0.25) is 0 Å². The molecule has 1 N–H and O–H groups in total. The summed E-state index contributed by atoms with van der Waals surface area (Å²) in [5.74, 6) is 2.45. The zero-order chi connectivity index (χ0) is 8.69. The van der Waals surface area contributed by atoms with Crippen molar-refractivity contribution in [3.05, 3.63) is 0 Å². The Labute approximate surface area is 67.8 Å². The van der Waals surface area contributed by atoms with Crippen molar-refractivity contribution in [1.82, 2.24) is 10.2 Å². The van der Waals surface area contributed by atoms with Gasteiger partial charge < -0.3 is 10.2 Å². The third-order valence-electron chi connectivity index (χ3n) is 1.37. The number of hydrogen-bond acceptors (Lipinski definition) is 1. The molecule has 0 atom stereocenters. The van der Waals surface area contributed by atoms with E-state index in [1.807, 2.05) is 6.92 Å². The van der Waals surface area contributed by atoms with Gasteiger partial charge in [0.25, 0.3) is 0 Å². The Morgan fingerprint density at radius 1 is 1.73 bits per heavy atom. The average Bonchev–Trinajstić information content (AvgIpc) is 2.03. The lowest BCUT2D eigenvalue weighted by Gasteiger charge is -2.14. The number of carbonyl (C=O) groups is 1. The van der Waals surface area contributed by atoms with Gasteiger partial charge in [-0.15, -0.1) is 12.3 Å². The summed E-state index contributed by atoms with van der Waals surface area (Å²) in [5, 5.41) is 2.68. The maximum atomic E-state index is 11.0. The first-order valence-electron chi connectivity index (χ1n) is 3.64. The van der Waals surface area contributed by atoms with Crippen molar-refractivity contribution < 1.29 is 4.79 Å². The van der Waals surface area contributed by atoms with Crippen LogP contribution < -0.4 is 5.32 Å². The molecular weight excluding hydrogens is 140 g/mol. The predicted molar refractivity (Wildman–Crippen MR) is 45.2 cm³/mol. The molecule has 0 radical (unpaired) electrons. The van der Waals surface area contributed by atoms with Crippen molar-refractivity contribution in [3.63, 3.8) is 0 Å². The van der Waals surface area contributed by atoms with Gasteiger partial charge >= 0.3 is 6.03 Å². The van der Waals surface area contributed by atoms with Crippen LogP contribution in [0.25, 0.3) is 0 Å². The minimum absolute atomic E-state index is 0.0669. The van der Waals surface area contributed by atoms with Gasteiger partial charge in [-0.1, -0.05) is 0 Å². The first-order chi connectivity index (χ1) is 5.22. The van der Waals surface area contributed by atoms with Crippen molar-refractivity contribution in [2.75, 3.05) is 20.1 Å². The van der Waals surface area contributed by atoms with Crippen LogP contribution in [0.4, 0.5) is 4.79 Å². The summed E-state index contributed by atoms with van der Waals surface area (Å²) in [4.78, 5) is 12.6. The quantitative estimate of drug-likeness (QED) is 0.470. The lowest BCUT2D eigenvalue weighted by Crippen LogP contribution is -2.37. The highest BCUT2D eigenvalue weighted by Crippen LogP contribution is 1.82. The number of carbonyl (C=O) groups excluding carboxylic acids is 1. The molecule has 0 aromatic rings. The number of urea groups is 1. The van der Waals surface area contributed by atoms with E-state index in [0.717, 1.165) is 0 Å². The molecule has 0 aliphatic carbocycles. The Balaban J connectivity index is 3.46. The van der Waals surface area contributed by atoms with Gasteiger partial charge in [-0.25, -0.2) is 4.79 Å². The zero-order valence-corrected chi connectivity index (χ0v) is 7.05. The summed E-state index contributed by atoms with van der Waals surface area (Å²) < 4.78 is 0. The molecule has 2 amide bonds. The first kappa shape index (κ1) is 9.83. The van der Waals surface area contributed by atoms with E-state index in [-0.39, 0.29) is 6.03 Å². The largest absolute Gasteiger partial charge is 0.337 e. The molecule has 0 bridgehead atoms. The van der Waals surface area contributed by atoms with E-state index >= 15 is 0 Å². The molecule has 11 heavy (non-hydrogen) atoms. The van der Waals surface area contributed by atoms with E-state index < -0.39 is 0 Å². The lowest BCUT2D eigenvalue weighted by atomic mass is 10.4. The summed E-state index contributed by atoms with van der Waals surface area (Å²) in [6, 6.07) is -0.0669. The number of nitrogens with zero attached hydrogens (tertiary/aromatic N) is 1. The molecule has 0 saturated carbocycles. The summed E-state index contributed by atoms with van der Waals surface area (Å²) >= 11 is 0. The molecular formula is C8H14N2O. The second-order valence-electron chi connectivity index (χ2n) is 2.20. The van der Waals surface area contributed by atoms with E-state index in [1.54, 1.807) is 11.9 Å². The van der Waals surface area contributed by atoms with Gasteiger partial charge in [0, 0.05) is 26.6 Å². The van der Waals surface area contributed by atoms with Crippen LogP contribution in [-0.2, 0) is 0 Å². The van der Waals surface area contributed by atoms with Gasteiger partial charge in [-0.2, -0.15) is 0 Å². The topological polar surface area (TPSA) is 32.3 Å². The number of hydrogen-bond donors (Lipinski definition) is 1. The highest BCUT2D eigenvalue weighted by molar-refractivity contribution is 5.73. The summed E-state index contributed by atoms with van der Waals surface area (Å²) in [6.07, 6.45) is 5.60. The van der Waals surface area contributed by atoms with Crippen LogP contribution >= 0.6 is 0 Å². The predicted octanol–water partition coefficient (Wildman–Crippen LogP) is 0.671. The molecule has 0 aromatic carbocycles. The Morgan fingerprint density at radius 3 is 2.82 bits per heavy atom. The fourth-order valence-electron chi connectivity index (χ4n) is 0.520. The summed E-state index contributed by atoms with van der Waals surface area (Å²) in [6.45, 7) is 3.18. The van der Waals surface area contributed by atoms with Crippen LogP contribution in [0, 0.1) is 12.3 Å². The molecule has 3 heteroatoms. The number of terminal acetylenes is 1. The van der Waals surface area contributed by atoms with Gasteiger partial charge in [0.1, 0.15) is 0 Å². The minimum Gasteiger partial charge on any atom is -0.337 e. The third-order valence-corrected chi connectivity index (χ3v) is 1.37. The molecule has 0 aliphatic rings. The molecule has 0 aliphatic heterocycles. The van der Waals surface area contributed by atoms with Crippen LogP contribution in [0.5, 0.6) is 0 Å². The van der Waals surface area contributed by atoms with Crippen LogP contribution in [-0.4, -0.2) is 31.1 Å². The number of nitrogens with one attached hydrogen (secondary N) is 1. The first-order valence-corrected chi connectivity index (χ1v) is 3.64. The van der Waals surface area contributed by atoms with Crippen molar-refractivity contribution in [2.24, 2.45) is 0 Å². The van der Waals surface area contributed by atoms with E-state index in [2.05, 4.69) is 11.2 Å². The van der Waals surface area contributed by atoms with Gasteiger partial charge in [-0.3, -0.25) is 0 Å². The van der Waals surface area contributed by atoms with Gasteiger partial charge in [-0.05, 0) is 6.92 Å². The monoisotopic (exact) mass is 154 g/mol. The molecule has 3 nitrogen and oxygen atoms in total. The Bertz CT molecular complexity index is 160. The lowest BCUT2D eigenvalue weighted by molar-refractivity contribution is 0.211. The fraction of sp³-hybridized carbons (Fsp3) is 0.625. The third kappa shape index (κ3) is 4.26. The molecule has 62 valence electrons. The van der Waals surface area contributed by atoms with Crippen LogP contribution in [0.3, 0.4) is 0 Å². The van der Waals surface area contributed by atoms with Crippen molar-refractivity contribution >= 4 is 6.03 Å². The second-order valence-corrected chi connectivity index (χ2v) is 2.20. The fourth-order valence-corrected chi connectivity index (χ4v) is 0.520. The molecule has 0 spiro atoms. The van der Waals surface area contributed by atoms with E-state index in [1.165, 1.54) is 0 Å². The van der Waals surface area contributed by atoms with E-state index in [9.17, 15) is 4.79 Å². The van der Waals surface area contributed by atoms with E-state index in [0.29, 0.717) is 19.5 Å². The maximum absolute atomic E-state index is 11.0. The van der Waals surface area contributed by atoms with Crippen LogP contribution in [0.1, 0.15) is 13.3 Å². The minimum atomic E-state index is -0.0669. The summed E-state index contributed by atoms with van der Waals surface area (Å²) in [5.41, 5.74) is 0. The number of rotatable bonds is 3.